The molecule has 1 atom stereocenters. The number of piperidine rings is 1. The van der Waals surface area contributed by atoms with Crippen molar-refractivity contribution < 1.29 is 9.59 Å². The summed E-state index contributed by atoms with van der Waals surface area (Å²) in [5.41, 5.74) is 2.81. The summed E-state index contributed by atoms with van der Waals surface area (Å²) in [6, 6.07) is 11.8. The van der Waals surface area contributed by atoms with Gasteiger partial charge in [-0.2, -0.15) is 5.10 Å². The second-order valence-electron chi connectivity index (χ2n) is 7.79. The second-order valence-corrected chi connectivity index (χ2v) is 7.79. The molecule has 2 amide bonds. The Balaban J connectivity index is 1.38. The Morgan fingerprint density at radius 1 is 1.17 bits per heavy atom. The fraction of sp³-hybridized carbons (Fsp3) is 0.391. The molecule has 30 heavy (non-hydrogen) atoms. The van der Waals surface area contributed by atoms with Gasteiger partial charge in [0.05, 0.1) is 11.6 Å². The Morgan fingerprint density at radius 2 is 1.90 bits per heavy atom. The van der Waals surface area contributed by atoms with Gasteiger partial charge in [-0.15, -0.1) is 0 Å². The highest BCUT2D eigenvalue weighted by Gasteiger charge is 2.29. The summed E-state index contributed by atoms with van der Waals surface area (Å²) >= 11 is 0. The number of carbonyl (C=O) groups is 2. The standard InChI is InChI=1S/C23H27N5O2/c1-3-19(17-8-5-4-6-9-17)23(30)27-14-10-18(11-15-27)25-22(29)20-16(2)26-28-13-7-12-24-21(20)28/h4-9,12-13,18-19H,3,10-11,14-15H2,1-2H3,(H,25,29). The molecule has 4 rings (SSSR count). The molecular formula is C23H27N5O2. The molecule has 1 aliphatic rings. The molecule has 1 aliphatic heterocycles. The van der Waals surface area contributed by atoms with Crippen molar-refractivity contribution in [1.29, 1.82) is 0 Å². The number of nitrogens with one attached hydrogen (secondary N) is 1. The van der Waals surface area contributed by atoms with Crippen molar-refractivity contribution in [3.63, 3.8) is 0 Å². The van der Waals surface area contributed by atoms with E-state index in [1.54, 1.807) is 23.0 Å². The summed E-state index contributed by atoms with van der Waals surface area (Å²) < 4.78 is 1.62. The van der Waals surface area contributed by atoms with Crippen LogP contribution in [-0.4, -0.2) is 50.4 Å². The molecule has 1 aromatic carbocycles. The molecule has 3 aromatic rings. The lowest BCUT2D eigenvalue weighted by molar-refractivity contribution is -0.134. The third-order valence-corrected chi connectivity index (χ3v) is 5.85. The van der Waals surface area contributed by atoms with Gasteiger partial charge in [-0.05, 0) is 37.8 Å². The lowest BCUT2D eigenvalue weighted by Gasteiger charge is -2.34. The number of carbonyl (C=O) groups excluding carboxylic acids is 2. The number of benzene rings is 1. The monoisotopic (exact) mass is 405 g/mol. The van der Waals surface area contributed by atoms with Crippen molar-refractivity contribution in [1.82, 2.24) is 24.8 Å². The van der Waals surface area contributed by atoms with E-state index in [0.717, 1.165) is 24.8 Å². The number of hydrogen-bond acceptors (Lipinski definition) is 4. The number of fused-ring (bicyclic) bond motifs is 1. The Bertz CT molecular complexity index is 1040. The lowest BCUT2D eigenvalue weighted by atomic mass is 9.93. The molecule has 3 heterocycles. The highest BCUT2D eigenvalue weighted by molar-refractivity contribution is 6.01. The quantitative estimate of drug-likeness (QED) is 0.708. The van der Waals surface area contributed by atoms with Gasteiger partial charge in [0.2, 0.25) is 5.91 Å². The number of likely N-dealkylation sites (tertiary alicyclic amines) is 1. The minimum atomic E-state index is -0.151. The minimum absolute atomic E-state index is 0.0383. The van der Waals surface area contributed by atoms with E-state index in [9.17, 15) is 9.59 Å². The Hall–Kier alpha value is -3.22. The molecule has 0 aliphatic carbocycles. The van der Waals surface area contributed by atoms with Crippen LogP contribution in [0.4, 0.5) is 0 Å². The summed E-state index contributed by atoms with van der Waals surface area (Å²) in [6.07, 6.45) is 5.71. The fourth-order valence-electron chi connectivity index (χ4n) is 4.22. The summed E-state index contributed by atoms with van der Waals surface area (Å²) in [5, 5.41) is 7.48. The maximum absolute atomic E-state index is 13.1. The van der Waals surface area contributed by atoms with Crippen molar-refractivity contribution >= 4 is 17.5 Å². The summed E-state index contributed by atoms with van der Waals surface area (Å²) in [5.74, 6) is -0.0808. The molecule has 0 spiro atoms. The molecule has 156 valence electrons. The maximum Gasteiger partial charge on any atom is 0.257 e. The summed E-state index contributed by atoms with van der Waals surface area (Å²) in [6.45, 7) is 5.17. The number of rotatable bonds is 5. The third kappa shape index (κ3) is 3.92. The lowest BCUT2D eigenvalue weighted by Crippen LogP contribution is -2.47. The first kappa shape index (κ1) is 20.1. The van der Waals surface area contributed by atoms with Gasteiger partial charge in [-0.25, -0.2) is 9.50 Å². The average Bonchev–Trinajstić information content (AvgIpc) is 3.11. The summed E-state index contributed by atoms with van der Waals surface area (Å²) in [4.78, 5) is 32.2. The van der Waals surface area contributed by atoms with E-state index < -0.39 is 0 Å². The first-order valence-corrected chi connectivity index (χ1v) is 10.5. The van der Waals surface area contributed by atoms with Gasteiger partial charge in [0.15, 0.2) is 5.65 Å². The van der Waals surface area contributed by atoms with Gasteiger partial charge in [0, 0.05) is 31.5 Å². The predicted molar refractivity (Wildman–Crippen MR) is 114 cm³/mol. The predicted octanol–water partition coefficient (Wildman–Crippen LogP) is 2.95. The van der Waals surface area contributed by atoms with Crippen LogP contribution in [0.2, 0.25) is 0 Å². The highest BCUT2D eigenvalue weighted by Crippen LogP contribution is 2.24. The normalized spacial score (nSPS) is 15.9. The number of nitrogens with zero attached hydrogens (tertiary/aromatic N) is 4. The van der Waals surface area contributed by atoms with Crippen molar-refractivity contribution in [3.05, 3.63) is 65.6 Å². The van der Waals surface area contributed by atoms with Gasteiger partial charge >= 0.3 is 0 Å². The molecule has 0 saturated carbocycles. The van der Waals surface area contributed by atoms with Gasteiger partial charge < -0.3 is 10.2 Å². The van der Waals surface area contributed by atoms with E-state index in [0.29, 0.717) is 30.0 Å². The van der Waals surface area contributed by atoms with Crippen LogP contribution >= 0.6 is 0 Å². The zero-order chi connectivity index (χ0) is 21.1. The number of aryl methyl sites for hydroxylation is 1. The van der Waals surface area contributed by atoms with Gasteiger partial charge in [0.25, 0.3) is 5.91 Å². The smallest absolute Gasteiger partial charge is 0.257 e. The van der Waals surface area contributed by atoms with Gasteiger partial charge in [0.1, 0.15) is 5.56 Å². The molecule has 7 nitrogen and oxygen atoms in total. The number of aromatic nitrogens is 3. The van der Waals surface area contributed by atoms with Gasteiger partial charge in [-0.1, -0.05) is 37.3 Å². The highest BCUT2D eigenvalue weighted by atomic mass is 16.2. The van der Waals surface area contributed by atoms with E-state index in [2.05, 4.69) is 22.3 Å². The van der Waals surface area contributed by atoms with Crippen LogP contribution in [0.25, 0.3) is 5.65 Å². The van der Waals surface area contributed by atoms with Crippen LogP contribution in [0, 0.1) is 6.92 Å². The van der Waals surface area contributed by atoms with E-state index in [4.69, 9.17) is 0 Å². The molecule has 7 heteroatoms. The van der Waals surface area contributed by atoms with Crippen molar-refractivity contribution in [3.8, 4) is 0 Å². The number of hydrogen-bond donors (Lipinski definition) is 1. The second kappa shape index (κ2) is 8.65. The zero-order valence-corrected chi connectivity index (χ0v) is 17.4. The first-order chi connectivity index (χ1) is 14.6. The van der Waals surface area contributed by atoms with Crippen molar-refractivity contribution in [2.24, 2.45) is 0 Å². The average molecular weight is 406 g/mol. The van der Waals surface area contributed by atoms with E-state index in [1.165, 1.54) is 0 Å². The molecule has 1 N–H and O–H groups in total. The van der Waals surface area contributed by atoms with Crippen LogP contribution in [0.3, 0.4) is 0 Å². The molecule has 1 saturated heterocycles. The first-order valence-electron chi connectivity index (χ1n) is 10.5. The topological polar surface area (TPSA) is 79.6 Å². The zero-order valence-electron chi connectivity index (χ0n) is 17.4. The largest absolute Gasteiger partial charge is 0.349 e. The Kier molecular flexibility index (Phi) is 5.79. The molecule has 2 aromatic heterocycles. The van der Waals surface area contributed by atoms with Gasteiger partial charge in [-0.3, -0.25) is 9.59 Å². The Morgan fingerprint density at radius 3 is 2.60 bits per heavy atom. The number of amides is 2. The SMILES string of the molecule is CCC(C(=O)N1CCC(NC(=O)c2c(C)nn3cccnc23)CC1)c1ccccc1. The van der Waals surface area contributed by atoms with Crippen molar-refractivity contribution in [2.75, 3.05) is 13.1 Å². The van der Waals surface area contributed by atoms with Crippen LogP contribution in [0.15, 0.2) is 48.8 Å². The fourth-order valence-corrected chi connectivity index (χ4v) is 4.22. The van der Waals surface area contributed by atoms with Crippen LogP contribution in [0.5, 0.6) is 0 Å². The van der Waals surface area contributed by atoms with Crippen molar-refractivity contribution in [2.45, 2.75) is 45.1 Å². The Labute approximate surface area is 176 Å². The maximum atomic E-state index is 13.1. The van der Waals surface area contributed by atoms with Crippen LogP contribution in [0.1, 0.15) is 53.7 Å². The molecule has 0 radical (unpaired) electrons. The third-order valence-electron chi connectivity index (χ3n) is 5.85. The molecule has 1 fully saturated rings. The van der Waals surface area contributed by atoms with E-state index >= 15 is 0 Å². The van der Waals surface area contributed by atoms with E-state index in [1.807, 2.05) is 42.2 Å². The molecular weight excluding hydrogens is 378 g/mol. The van der Waals surface area contributed by atoms with Crippen LogP contribution in [-0.2, 0) is 4.79 Å². The van der Waals surface area contributed by atoms with Crippen LogP contribution < -0.4 is 5.32 Å². The minimum Gasteiger partial charge on any atom is -0.349 e. The molecule has 0 bridgehead atoms. The van der Waals surface area contributed by atoms with E-state index in [-0.39, 0.29) is 23.8 Å². The summed E-state index contributed by atoms with van der Waals surface area (Å²) in [7, 11) is 0. The molecule has 1 unspecified atom stereocenters.